The summed E-state index contributed by atoms with van der Waals surface area (Å²) in [6.45, 7) is 4.01. The number of carbonyl (C=O) groups is 1. The van der Waals surface area contributed by atoms with Crippen molar-refractivity contribution < 1.29 is 14.3 Å². The first kappa shape index (κ1) is 21.7. The Labute approximate surface area is 179 Å². The van der Waals surface area contributed by atoms with Gasteiger partial charge in [-0.25, -0.2) is 0 Å². The van der Waals surface area contributed by atoms with Crippen LogP contribution in [0.15, 0.2) is 47.3 Å². The van der Waals surface area contributed by atoms with Gasteiger partial charge in [0.2, 0.25) is 0 Å². The van der Waals surface area contributed by atoms with Crippen molar-refractivity contribution in [2.24, 2.45) is 0 Å². The van der Waals surface area contributed by atoms with Crippen molar-refractivity contribution >= 4 is 29.0 Å². The summed E-state index contributed by atoms with van der Waals surface area (Å²) < 4.78 is 12.3. The van der Waals surface area contributed by atoms with E-state index in [4.69, 9.17) is 21.7 Å². The minimum Gasteiger partial charge on any atom is -0.497 e. The van der Waals surface area contributed by atoms with E-state index in [-0.39, 0.29) is 11.5 Å². The van der Waals surface area contributed by atoms with Crippen molar-refractivity contribution in [3.63, 3.8) is 0 Å². The Hall–Kier alpha value is -2.97. The predicted octanol–water partition coefficient (Wildman–Crippen LogP) is 3.42. The lowest BCUT2D eigenvalue weighted by atomic mass is 10.1. The van der Waals surface area contributed by atoms with E-state index in [1.54, 1.807) is 25.3 Å². The lowest BCUT2D eigenvalue weighted by molar-refractivity contribution is 0.0951. The number of H-pyrrole nitrogens is 1. The number of benzene rings is 2. The molecule has 0 aliphatic rings. The number of rotatable bonds is 9. The number of aromatic nitrogens is 2. The molecule has 1 heterocycles. The standard InChI is InChI=1S/C22H25N3O4S/c1-3-29-12-4-11-25-21(27)18-10-7-16(13-19(18)24-22(25)30)20(26)23-14-15-5-8-17(28-2)9-6-15/h5-10,13H,3-4,11-12,14H2,1-2H3,(H,23,26)(H,24,30). The normalized spacial score (nSPS) is 10.9. The topological polar surface area (TPSA) is 85.3 Å². The van der Waals surface area contributed by atoms with Crippen LogP contribution in [-0.4, -0.2) is 35.8 Å². The van der Waals surface area contributed by atoms with Crippen molar-refractivity contribution in [3.8, 4) is 5.75 Å². The maximum Gasteiger partial charge on any atom is 0.262 e. The van der Waals surface area contributed by atoms with E-state index in [2.05, 4.69) is 10.3 Å². The molecule has 3 rings (SSSR count). The molecule has 0 unspecified atom stereocenters. The number of nitrogens with one attached hydrogen (secondary N) is 2. The van der Waals surface area contributed by atoms with E-state index in [0.29, 0.717) is 54.0 Å². The van der Waals surface area contributed by atoms with Crippen molar-refractivity contribution in [1.29, 1.82) is 0 Å². The molecular formula is C22H25N3O4S. The summed E-state index contributed by atoms with van der Waals surface area (Å²) in [5, 5.41) is 3.37. The highest BCUT2D eigenvalue weighted by molar-refractivity contribution is 7.71. The molecule has 1 amide bonds. The molecule has 8 heteroatoms. The van der Waals surface area contributed by atoms with Gasteiger partial charge in [0.1, 0.15) is 5.75 Å². The maximum absolute atomic E-state index is 12.8. The molecule has 0 spiro atoms. The number of hydrogen-bond donors (Lipinski definition) is 2. The Morgan fingerprint density at radius 2 is 1.97 bits per heavy atom. The molecule has 0 aliphatic carbocycles. The average Bonchev–Trinajstić information content (AvgIpc) is 2.76. The zero-order valence-corrected chi connectivity index (χ0v) is 17.9. The van der Waals surface area contributed by atoms with Crippen LogP contribution in [0.5, 0.6) is 5.75 Å². The zero-order valence-electron chi connectivity index (χ0n) is 17.1. The van der Waals surface area contributed by atoms with E-state index in [1.807, 2.05) is 31.2 Å². The third kappa shape index (κ3) is 5.14. The summed E-state index contributed by atoms with van der Waals surface area (Å²) in [5.41, 5.74) is 1.79. The predicted molar refractivity (Wildman–Crippen MR) is 119 cm³/mol. The van der Waals surface area contributed by atoms with Gasteiger partial charge in [-0.05, 0) is 61.5 Å². The van der Waals surface area contributed by atoms with Crippen molar-refractivity contribution in [2.45, 2.75) is 26.4 Å². The van der Waals surface area contributed by atoms with Crippen LogP contribution in [0.25, 0.3) is 10.9 Å². The maximum atomic E-state index is 12.8. The summed E-state index contributed by atoms with van der Waals surface area (Å²) in [5.74, 6) is 0.534. The van der Waals surface area contributed by atoms with Gasteiger partial charge in [0, 0.05) is 31.9 Å². The summed E-state index contributed by atoms with van der Waals surface area (Å²) in [6.07, 6.45) is 0.697. The fourth-order valence-corrected chi connectivity index (χ4v) is 3.38. The minimum atomic E-state index is -0.229. The highest BCUT2D eigenvalue weighted by atomic mass is 32.1. The fraction of sp³-hybridized carbons (Fsp3) is 0.318. The number of nitrogens with zero attached hydrogens (tertiary/aromatic N) is 1. The zero-order chi connectivity index (χ0) is 21.5. The second kappa shape index (κ2) is 10.2. The second-order valence-electron chi connectivity index (χ2n) is 6.73. The molecule has 0 aliphatic heterocycles. The molecule has 0 radical (unpaired) electrons. The van der Waals surface area contributed by atoms with E-state index >= 15 is 0 Å². The molecule has 0 fully saturated rings. The fourth-order valence-electron chi connectivity index (χ4n) is 3.10. The summed E-state index contributed by atoms with van der Waals surface area (Å²) in [6, 6.07) is 12.4. The van der Waals surface area contributed by atoms with Crippen LogP contribution in [0.2, 0.25) is 0 Å². The summed E-state index contributed by atoms with van der Waals surface area (Å²) >= 11 is 5.35. The molecule has 0 saturated carbocycles. The van der Waals surface area contributed by atoms with Gasteiger partial charge in [-0.2, -0.15) is 0 Å². The van der Waals surface area contributed by atoms with Gasteiger partial charge in [0.05, 0.1) is 18.0 Å². The molecule has 2 aromatic carbocycles. The van der Waals surface area contributed by atoms with Crippen molar-refractivity contribution in [1.82, 2.24) is 14.9 Å². The first-order valence-corrected chi connectivity index (χ1v) is 10.2. The Morgan fingerprint density at radius 3 is 2.67 bits per heavy atom. The number of hydrogen-bond acceptors (Lipinski definition) is 5. The Bertz CT molecular complexity index is 1140. The summed E-state index contributed by atoms with van der Waals surface area (Å²) in [7, 11) is 1.61. The molecule has 7 nitrogen and oxygen atoms in total. The molecule has 2 N–H and O–H groups in total. The minimum absolute atomic E-state index is 0.171. The van der Waals surface area contributed by atoms with Gasteiger partial charge in [0.25, 0.3) is 11.5 Å². The number of methoxy groups -OCH3 is 1. The Kier molecular flexibility index (Phi) is 7.37. The molecule has 0 saturated heterocycles. The van der Waals surface area contributed by atoms with Gasteiger partial charge in [-0.1, -0.05) is 12.1 Å². The van der Waals surface area contributed by atoms with E-state index in [9.17, 15) is 9.59 Å². The van der Waals surface area contributed by atoms with E-state index < -0.39 is 0 Å². The summed E-state index contributed by atoms with van der Waals surface area (Å²) in [4.78, 5) is 28.4. The number of carbonyl (C=O) groups excluding carboxylic acids is 1. The smallest absolute Gasteiger partial charge is 0.262 e. The van der Waals surface area contributed by atoms with Crippen LogP contribution in [0.3, 0.4) is 0 Å². The molecule has 1 aromatic heterocycles. The number of amides is 1. The second-order valence-corrected chi connectivity index (χ2v) is 7.12. The van der Waals surface area contributed by atoms with Gasteiger partial charge >= 0.3 is 0 Å². The van der Waals surface area contributed by atoms with Crippen molar-refractivity contribution in [2.75, 3.05) is 20.3 Å². The van der Waals surface area contributed by atoms with Gasteiger partial charge < -0.3 is 19.8 Å². The molecule has 30 heavy (non-hydrogen) atoms. The third-order valence-electron chi connectivity index (χ3n) is 4.73. The van der Waals surface area contributed by atoms with Crippen LogP contribution in [0.1, 0.15) is 29.3 Å². The number of aromatic amines is 1. The third-order valence-corrected chi connectivity index (χ3v) is 5.05. The van der Waals surface area contributed by atoms with Crippen LogP contribution in [0, 0.1) is 4.77 Å². The first-order valence-electron chi connectivity index (χ1n) is 9.79. The molecule has 158 valence electrons. The van der Waals surface area contributed by atoms with Crippen LogP contribution >= 0.6 is 12.2 Å². The molecule has 0 atom stereocenters. The highest BCUT2D eigenvalue weighted by Gasteiger charge is 2.10. The number of ether oxygens (including phenoxy) is 2. The van der Waals surface area contributed by atoms with Gasteiger partial charge in [-0.15, -0.1) is 0 Å². The Balaban J connectivity index is 1.74. The van der Waals surface area contributed by atoms with Crippen LogP contribution in [-0.2, 0) is 17.8 Å². The SMILES string of the molecule is CCOCCCn1c(=S)[nH]c2cc(C(=O)NCc3ccc(OC)cc3)ccc2c1=O. The van der Waals surface area contributed by atoms with Crippen LogP contribution in [0.4, 0.5) is 0 Å². The van der Waals surface area contributed by atoms with Gasteiger partial charge in [-0.3, -0.25) is 14.2 Å². The largest absolute Gasteiger partial charge is 0.497 e. The molecule has 3 aromatic rings. The van der Waals surface area contributed by atoms with Gasteiger partial charge in [0.15, 0.2) is 4.77 Å². The van der Waals surface area contributed by atoms with Crippen molar-refractivity contribution in [3.05, 3.63) is 68.7 Å². The molecule has 0 bridgehead atoms. The van der Waals surface area contributed by atoms with E-state index in [0.717, 1.165) is 11.3 Å². The average molecular weight is 428 g/mol. The Morgan fingerprint density at radius 1 is 1.20 bits per heavy atom. The number of fused-ring (bicyclic) bond motifs is 1. The highest BCUT2D eigenvalue weighted by Crippen LogP contribution is 2.13. The first-order chi connectivity index (χ1) is 14.5. The molecular weight excluding hydrogens is 402 g/mol. The quantitative estimate of drug-likeness (QED) is 0.404. The van der Waals surface area contributed by atoms with Crippen LogP contribution < -0.4 is 15.6 Å². The lowest BCUT2D eigenvalue weighted by Gasteiger charge is -2.10. The monoisotopic (exact) mass is 427 g/mol. The lowest BCUT2D eigenvalue weighted by Crippen LogP contribution is -2.24. The van der Waals surface area contributed by atoms with E-state index in [1.165, 1.54) is 4.57 Å².